The van der Waals surface area contributed by atoms with Crippen molar-refractivity contribution in [3.63, 3.8) is 0 Å². The zero-order valence-corrected chi connectivity index (χ0v) is 10.0. The number of guanidine groups is 1. The number of hydrogen-bond acceptors (Lipinski definition) is 5. The summed E-state index contributed by atoms with van der Waals surface area (Å²) in [4.78, 5) is 26.0. The number of carbonyl (C=O) groups is 2. The first-order valence-electron chi connectivity index (χ1n) is 5.42. The molecule has 10 N–H and O–H groups in total. The van der Waals surface area contributed by atoms with Crippen LogP contribution in [0.5, 0.6) is 0 Å². The molecule has 0 saturated heterocycles. The van der Waals surface area contributed by atoms with Gasteiger partial charge in [0.05, 0.1) is 6.04 Å². The Morgan fingerprint density at radius 2 is 1.94 bits per heavy atom. The minimum atomic E-state index is -1.14. The third-order valence-electron chi connectivity index (χ3n) is 2.15. The lowest BCUT2D eigenvalue weighted by atomic mass is 10.1. The highest BCUT2D eigenvalue weighted by atomic mass is 16.4. The average molecular weight is 260 g/mol. The third kappa shape index (κ3) is 6.66. The van der Waals surface area contributed by atoms with E-state index in [0.717, 1.165) is 0 Å². The van der Waals surface area contributed by atoms with Crippen molar-refractivity contribution in [1.29, 1.82) is 0 Å². The number of rotatable bonds is 8. The lowest BCUT2D eigenvalue weighted by Gasteiger charge is -2.16. The van der Waals surface area contributed by atoms with Gasteiger partial charge in [-0.25, -0.2) is 4.79 Å². The number of amides is 1. The Hall–Kier alpha value is -1.87. The Morgan fingerprint density at radius 3 is 2.39 bits per heavy atom. The largest absolute Gasteiger partial charge is 0.480 e. The minimum Gasteiger partial charge on any atom is -0.480 e. The SMILES string of the molecule is NCC(N)C(=O)NC(CCCN=C(N)N)C(=O)O. The zero-order chi connectivity index (χ0) is 14.1. The van der Waals surface area contributed by atoms with Crippen LogP contribution in [0.1, 0.15) is 12.8 Å². The fraction of sp³-hybridized carbons (Fsp3) is 0.667. The standard InChI is InChI=1S/C9H20N6O3/c10-4-5(11)7(16)15-6(8(17)18)2-1-3-14-9(12)13/h5-6H,1-4,10-11H2,(H,15,16)(H,17,18)(H4,12,13,14). The van der Waals surface area contributed by atoms with Crippen molar-refractivity contribution in [3.8, 4) is 0 Å². The summed E-state index contributed by atoms with van der Waals surface area (Å²) in [5.74, 6) is -1.79. The number of nitrogens with zero attached hydrogens (tertiary/aromatic N) is 1. The molecule has 0 heterocycles. The summed E-state index contributed by atoms with van der Waals surface area (Å²) in [6, 6.07) is -1.94. The molecule has 0 bridgehead atoms. The van der Waals surface area contributed by atoms with E-state index >= 15 is 0 Å². The predicted octanol–water partition coefficient (Wildman–Crippen LogP) is -3.10. The number of aliphatic carboxylic acids is 1. The summed E-state index contributed by atoms with van der Waals surface area (Å²) in [7, 11) is 0. The molecule has 9 nitrogen and oxygen atoms in total. The molecule has 0 aliphatic heterocycles. The van der Waals surface area contributed by atoms with E-state index in [1.54, 1.807) is 0 Å². The highest BCUT2D eigenvalue weighted by Gasteiger charge is 2.21. The second-order valence-corrected chi connectivity index (χ2v) is 3.69. The van der Waals surface area contributed by atoms with Gasteiger partial charge in [0, 0.05) is 13.1 Å². The highest BCUT2D eigenvalue weighted by Crippen LogP contribution is 1.99. The quantitative estimate of drug-likeness (QED) is 0.151. The molecule has 2 unspecified atom stereocenters. The van der Waals surface area contributed by atoms with Crippen LogP contribution in [0.25, 0.3) is 0 Å². The summed E-state index contributed by atoms with van der Waals surface area (Å²) >= 11 is 0. The second kappa shape index (κ2) is 8.25. The molecule has 0 fully saturated rings. The Balaban J connectivity index is 4.20. The van der Waals surface area contributed by atoms with Crippen molar-refractivity contribution in [1.82, 2.24) is 5.32 Å². The number of aliphatic imine (C=N–C) groups is 1. The Bertz CT molecular complexity index is 315. The van der Waals surface area contributed by atoms with Crippen molar-refractivity contribution in [3.05, 3.63) is 0 Å². The molecule has 0 saturated carbocycles. The van der Waals surface area contributed by atoms with Gasteiger partial charge in [0.1, 0.15) is 6.04 Å². The van der Waals surface area contributed by atoms with Crippen molar-refractivity contribution < 1.29 is 14.7 Å². The first-order chi connectivity index (χ1) is 8.38. The van der Waals surface area contributed by atoms with Crippen LogP contribution in [-0.2, 0) is 9.59 Å². The van der Waals surface area contributed by atoms with Crippen molar-refractivity contribution in [2.75, 3.05) is 13.1 Å². The molecule has 0 rings (SSSR count). The molecule has 1 amide bonds. The molecule has 0 aromatic rings. The number of nitrogens with one attached hydrogen (secondary N) is 1. The van der Waals surface area contributed by atoms with E-state index < -0.39 is 24.0 Å². The van der Waals surface area contributed by atoms with Gasteiger partial charge in [-0.2, -0.15) is 0 Å². The van der Waals surface area contributed by atoms with Crippen LogP contribution in [0.15, 0.2) is 4.99 Å². The number of carboxylic acid groups (broad SMARTS) is 1. The molecule has 0 aromatic carbocycles. The molecule has 104 valence electrons. The monoisotopic (exact) mass is 260 g/mol. The molecular weight excluding hydrogens is 240 g/mol. The minimum absolute atomic E-state index is 0.0494. The maximum Gasteiger partial charge on any atom is 0.326 e. The Labute approximate surface area is 105 Å². The average Bonchev–Trinajstić information content (AvgIpc) is 2.30. The maximum absolute atomic E-state index is 11.4. The van der Waals surface area contributed by atoms with Crippen molar-refractivity contribution in [2.45, 2.75) is 24.9 Å². The molecule has 18 heavy (non-hydrogen) atoms. The van der Waals surface area contributed by atoms with Gasteiger partial charge < -0.3 is 33.4 Å². The summed E-state index contributed by atoms with van der Waals surface area (Å²) in [5, 5.41) is 11.2. The third-order valence-corrected chi connectivity index (χ3v) is 2.15. The number of carbonyl (C=O) groups excluding carboxylic acids is 1. The van der Waals surface area contributed by atoms with Crippen LogP contribution in [0, 0.1) is 0 Å². The maximum atomic E-state index is 11.4. The van der Waals surface area contributed by atoms with Gasteiger partial charge in [0.2, 0.25) is 5.91 Å². The number of carboxylic acids is 1. The van der Waals surface area contributed by atoms with E-state index in [1.807, 2.05) is 0 Å². The summed E-state index contributed by atoms with van der Waals surface area (Å²) in [6.45, 7) is 0.247. The summed E-state index contributed by atoms with van der Waals surface area (Å²) < 4.78 is 0. The summed E-state index contributed by atoms with van der Waals surface area (Å²) in [5.41, 5.74) is 20.8. The fourth-order valence-electron chi connectivity index (χ4n) is 1.15. The van der Waals surface area contributed by atoms with Gasteiger partial charge >= 0.3 is 5.97 Å². The van der Waals surface area contributed by atoms with Crippen LogP contribution < -0.4 is 28.3 Å². The Morgan fingerprint density at radius 1 is 1.33 bits per heavy atom. The van der Waals surface area contributed by atoms with Gasteiger partial charge in [-0.05, 0) is 12.8 Å². The normalized spacial score (nSPS) is 13.4. The van der Waals surface area contributed by atoms with Crippen LogP contribution in [-0.4, -0.2) is 48.1 Å². The van der Waals surface area contributed by atoms with Crippen LogP contribution in [0.3, 0.4) is 0 Å². The highest BCUT2D eigenvalue weighted by molar-refractivity contribution is 5.86. The molecule has 2 atom stereocenters. The first kappa shape index (κ1) is 16.1. The van der Waals surface area contributed by atoms with E-state index in [0.29, 0.717) is 13.0 Å². The van der Waals surface area contributed by atoms with Gasteiger partial charge in [-0.15, -0.1) is 0 Å². The molecule has 0 aromatic heterocycles. The topological polar surface area (TPSA) is 183 Å². The Kier molecular flexibility index (Phi) is 7.40. The van der Waals surface area contributed by atoms with Crippen molar-refractivity contribution >= 4 is 17.8 Å². The van der Waals surface area contributed by atoms with E-state index in [1.165, 1.54) is 0 Å². The molecular formula is C9H20N6O3. The lowest BCUT2D eigenvalue weighted by molar-refractivity contribution is -0.142. The fourth-order valence-corrected chi connectivity index (χ4v) is 1.15. The van der Waals surface area contributed by atoms with Crippen LogP contribution >= 0.6 is 0 Å². The number of hydrogen-bond donors (Lipinski definition) is 6. The van der Waals surface area contributed by atoms with Gasteiger partial charge in [-0.1, -0.05) is 0 Å². The van der Waals surface area contributed by atoms with Gasteiger partial charge in [0.15, 0.2) is 5.96 Å². The van der Waals surface area contributed by atoms with Crippen molar-refractivity contribution in [2.24, 2.45) is 27.9 Å². The number of nitrogens with two attached hydrogens (primary N) is 4. The van der Waals surface area contributed by atoms with E-state index in [-0.39, 0.29) is 18.9 Å². The van der Waals surface area contributed by atoms with E-state index in [9.17, 15) is 9.59 Å². The summed E-state index contributed by atoms with van der Waals surface area (Å²) in [6.07, 6.45) is 0.627. The molecule has 0 aliphatic carbocycles. The van der Waals surface area contributed by atoms with E-state index in [4.69, 9.17) is 28.0 Å². The van der Waals surface area contributed by atoms with Gasteiger partial charge in [-0.3, -0.25) is 9.79 Å². The lowest BCUT2D eigenvalue weighted by Crippen LogP contribution is -2.51. The molecule has 0 aliphatic rings. The van der Waals surface area contributed by atoms with Gasteiger partial charge in [0.25, 0.3) is 0 Å². The molecule has 9 heteroatoms. The first-order valence-corrected chi connectivity index (χ1v) is 5.42. The second-order valence-electron chi connectivity index (χ2n) is 3.69. The smallest absolute Gasteiger partial charge is 0.326 e. The van der Waals surface area contributed by atoms with Crippen LogP contribution in [0.2, 0.25) is 0 Å². The van der Waals surface area contributed by atoms with E-state index in [2.05, 4.69) is 10.3 Å². The zero-order valence-electron chi connectivity index (χ0n) is 10.0. The van der Waals surface area contributed by atoms with Crippen LogP contribution in [0.4, 0.5) is 0 Å². The molecule has 0 spiro atoms. The molecule has 0 radical (unpaired) electrons. The predicted molar refractivity (Wildman–Crippen MR) is 66.5 cm³/mol.